The minimum Gasteiger partial charge on any atom is -0.378 e. The Morgan fingerprint density at radius 1 is 1.55 bits per heavy atom. The van der Waals surface area contributed by atoms with E-state index in [1.807, 2.05) is 5.38 Å². The molecule has 1 aromatic rings. The van der Waals surface area contributed by atoms with Crippen LogP contribution in [0.4, 0.5) is 9.93 Å². The first-order valence-electron chi connectivity index (χ1n) is 7.03. The number of carbonyl (C=O) groups is 1. The van der Waals surface area contributed by atoms with E-state index in [9.17, 15) is 4.79 Å². The predicted molar refractivity (Wildman–Crippen MR) is 80.2 cm³/mol. The van der Waals surface area contributed by atoms with Gasteiger partial charge in [-0.2, -0.15) is 0 Å². The number of urea groups is 1. The smallest absolute Gasteiger partial charge is 0.323 e. The summed E-state index contributed by atoms with van der Waals surface area (Å²) in [4.78, 5) is 18.2. The van der Waals surface area contributed by atoms with Gasteiger partial charge in [-0.15, -0.1) is 11.3 Å². The molecule has 0 bridgehead atoms. The summed E-state index contributed by atoms with van der Waals surface area (Å²) < 4.78 is 5.23. The van der Waals surface area contributed by atoms with Crippen molar-refractivity contribution in [1.82, 2.24) is 15.2 Å². The number of hydrogen-bond acceptors (Lipinski definition) is 5. The van der Waals surface area contributed by atoms with Crippen molar-refractivity contribution in [1.29, 1.82) is 0 Å². The Labute approximate surface area is 123 Å². The lowest BCUT2D eigenvalue weighted by molar-refractivity contribution is 0.0564. The van der Waals surface area contributed by atoms with Crippen LogP contribution in [-0.2, 0) is 4.74 Å². The normalized spacial score (nSPS) is 17.0. The lowest BCUT2D eigenvalue weighted by atomic mass is 10.2. The highest BCUT2D eigenvalue weighted by Gasteiger charge is 2.18. The van der Waals surface area contributed by atoms with Crippen LogP contribution < -0.4 is 10.6 Å². The van der Waals surface area contributed by atoms with Crippen molar-refractivity contribution in [3.63, 3.8) is 0 Å². The molecule has 1 fully saturated rings. The zero-order valence-electron chi connectivity index (χ0n) is 12.0. The number of rotatable bonds is 5. The van der Waals surface area contributed by atoms with Crippen LogP contribution in [0.15, 0.2) is 5.38 Å². The highest BCUT2D eigenvalue weighted by atomic mass is 32.1. The van der Waals surface area contributed by atoms with Gasteiger partial charge in [-0.1, -0.05) is 6.92 Å². The predicted octanol–water partition coefficient (Wildman–Crippen LogP) is 2.07. The molecule has 0 radical (unpaired) electrons. The minimum atomic E-state index is -0.0941. The topological polar surface area (TPSA) is 66.5 Å². The summed E-state index contributed by atoms with van der Waals surface area (Å²) in [6.45, 7) is 7.67. The Hall–Kier alpha value is -1.18. The van der Waals surface area contributed by atoms with Crippen molar-refractivity contribution in [2.75, 3.05) is 38.2 Å². The van der Waals surface area contributed by atoms with Gasteiger partial charge in [-0.25, -0.2) is 9.78 Å². The van der Waals surface area contributed by atoms with Gasteiger partial charge >= 0.3 is 6.03 Å². The summed E-state index contributed by atoms with van der Waals surface area (Å²) in [5.74, 6) is 0. The van der Waals surface area contributed by atoms with Gasteiger partial charge in [0.15, 0.2) is 5.13 Å². The molecule has 0 aliphatic carbocycles. The number of carbonyl (C=O) groups excluding carboxylic acids is 1. The summed E-state index contributed by atoms with van der Waals surface area (Å²) in [7, 11) is 0. The maximum atomic E-state index is 12.0. The van der Waals surface area contributed by atoms with E-state index < -0.39 is 0 Å². The van der Waals surface area contributed by atoms with E-state index in [-0.39, 0.29) is 12.1 Å². The Balaban J connectivity index is 1.86. The quantitative estimate of drug-likeness (QED) is 0.873. The average molecular weight is 298 g/mol. The molecule has 1 atom stereocenters. The molecule has 20 heavy (non-hydrogen) atoms. The molecule has 112 valence electrons. The van der Waals surface area contributed by atoms with Gasteiger partial charge in [0.2, 0.25) is 0 Å². The molecule has 6 nitrogen and oxygen atoms in total. The second-order valence-electron chi connectivity index (χ2n) is 4.78. The lowest BCUT2D eigenvalue weighted by Crippen LogP contribution is -2.43. The van der Waals surface area contributed by atoms with Crippen molar-refractivity contribution in [2.24, 2.45) is 0 Å². The minimum absolute atomic E-state index is 0.0941. The van der Waals surface area contributed by atoms with Crippen molar-refractivity contribution in [3.8, 4) is 0 Å². The van der Waals surface area contributed by atoms with Crippen LogP contribution in [-0.4, -0.2) is 48.8 Å². The van der Waals surface area contributed by atoms with Gasteiger partial charge in [-0.3, -0.25) is 5.32 Å². The number of thiazole rings is 1. The third kappa shape index (κ3) is 4.16. The van der Waals surface area contributed by atoms with Gasteiger partial charge in [0, 0.05) is 24.5 Å². The second-order valence-corrected chi connectivity index (χ2v) is 5.64. The first-order chi connectivity index (χ1) is 9.70. The van der Waals surface area contributed by atoms with E-state index in [1.54, 1.807) is 4.90 Å². The Bertz CT molecular complexity index is 432. The zero-order valence-corrected chi connectivity index (χ0v) is 12.8. The molecular weight excluding hydrogens is 276 g/mol. The van der Waals surface area contributed by atoms with E-state index in [4.69, 9.17) is 4.74 Å². The highest BCUT2D eigenvalue weighted by Crippen LogP contribution is 2.21. The molecule has 1 saturated heterocycles. The van der Waals surface area contributed by atoms with E-state index in [2.05, 4.69) is 29.5 Å². The fourth-order valence-corrected chi connectivity index (χ4v) is 2.74. The van der Waals surface area contributed by atoms with Gasteiger partial charge < -0.3 is 15.0 Å². The number of morpholine rings is 1. The standard InChI is InChI=1S/C13H22N4O2S/c1-3-4-14-10(2)11-9-20-12(15-11)16-13(18)17-5-7-19-8-6-17/h9-10,14H,3-8H2,1-2H3,(H,15,16,18). The second kappa shape index (κ2) is 7.56. The van der Waals surface area contributed by atoms with E-state index in [1.165, 1.54) is 11.3 Å². The Kier molecular flexibility index (Phi) is 5.75. The van der Waals surface area contributed by atoms with Gasteiger partial charge in [0.1, 0.15) is 0 Å². The third-order valence-corrected chi connectivity index (χ3v) is 3.95. The number of ether oxygens (including phenoxy) is 1. The molecule has 0 spiro atoms. The van der Waals surface area contributed by atoms with Gasteiger partial charge in [-0.05, 0) is 19.9 Å². The first kappa shape index (κ1) is 15.2. The van der Waals surface area contributed by atoms with Crippen LogP contribution in [0.25, 0.3) is 0 Å². The van der Waals surface area contributed by atoms with Crippen LogP contribution >= 0.6 is 11.3 Å². The molecule has 2 N–H and O–H groups in total. The SMILES string of the molecule is CCCNC(C)c1csc(NC(=O)N2CCOCC2)n1. The van der Waals surface area contributed by atoms with Crippen LogP contribution in [0.5, 0.6) is 0 Å². The van der Waals surface area contributed by atoms with Crippen molar-refractivity contribution in [2.45, 2.75) is 26.3 Å². The third-order valence-electron chi connectivity index (χ3n) is 3.18. The summed E-state index contributed by atoms with van der Waals surface area (Å²) >= 11 is 1.46. The van der Waals surface area contributed by atoms with Crippen LogP contribution in [0.1, 0.15) is 32.0 Å². The summed E-state index contributed by atoms with van der Waals surface area (Å²) in [5, 5.41) is 8.88. The molecule has 2 rings (SSSR count). The molecule has 2 heterocycles. The molecule has 2 amide bonds. The molecule has 0 aromatic carbocycles. The maximum Gasteiger partial charge on any atom is 0.323 e. The Morgan fingerprint density at radius 3 is 3.00 bits per heavy atom. The monoisotopic (exact) mass is 298 g/mol. The molecule has 1 aromatic heterocycles. The zero-order chi connectivity index (χ0) is 14.4. The van der Waals surface area contributed by atoms with Crippen LogP contribution in [0.2, 0.25) is 0 Å². The first-order valence-corrected chi connectivity index (χ1v) is 7.91. The van der Waals surface area contributed by atoms with E-state index in [0.29, 0.717) is 31.4 Å². The van der Waals surface area contributed by atoms with Crippen LogP contribution in [0.3, 0.4) is 0 Å². The lowest BCUT2D eigenvalue weighted by Gasteiger charge is -2.26. The van der Waals surface area contributed by atoms with E-state index >= 15 is 0 Å². The molecule has 7 heteroatoms. The number of amides is 2. The summed E-state index contributed by atoms with van der Waals surface area (Å²) in [6, 6.07) is 0.114. The van der Waals surface area contributed by atoms with Crippen molar-refractivity contribution in [3.05, 3.63) is 11.1 Å². The number of anilines is 1. The number of aromatic nitrogens is 1. The average Bonchev–Trinajstić information content (AvgIpc) is 2.94. The fraction of sp³-hybridized carbons (Fsp3) is 0.692. The molecule has 0 saturated carbocycles. The maximum absolute atomic E-state index is 12.0. The van der Waals surface area contributed by atoms with Gasteiger partial charge in [0.25, 0.3) is 0 Å². The van der Waals surface area contributed by atoms with Crippen molar-refractivity contribution < 1.29 is 9.53 Å². The molecule has 1 aliphatic rings. The highest BCUT2D eigenvalue weighted by molar-refractivity contribution is 7.13. The molecular formula is C13H22N4O2S. The van der Waals surface area contributed by atoms with E-state index in [0.717, 1.165) is 18.7 Å². The van der Waals surface area contributed by atoms with Crippen molar-refractivity contribution >= 4 is 22.5 Å². The summed E-state index contributed by atoms with van der Waals surface area (Å²) in [5.41, 5.74) is 0.973. The fourth-order valence-electron chi connectivity index (χ4n) is 1.94. The van der Waals surface area contributed by atoms with Crippen LogP contribution in [0, 0.1) is 0 Å². The summed E-state index contributed by atoms with van der Waals surface area (Å²) in [6.07, 6.45) is 1.09. The number of hydrogen-bond donors (Lipinski definition) is 2. The van der Waals surface area contributed by atoms with Gasteiger partial charge in [0.05, 0.1) is 18.9 Å². The largest absolute Gasteiger partial charge is 0.378 e. The Morgan fingerprint density at radius 2 is 2.30 bits per heavy atom. The number of nitrogens with one attached hydrogen (secondary N) is 2. The molecule has 1 unspecified atom stereocenters. The molecule has 1 aliphatic heterocycles. The number of nitrogens with zero attached hydrogens (tertiary/aromatic N) is 2.